The number of hydrogen-bond acceptors (Lipinski definition) is 3. The molecule has 1 rings (SSSR count). The Hall–Kier alpha value is -1.35. The molecule has 1 atom stereocenters. The normalized spacial score (nSPS) is 12.1. The third-order valence-electron chi connectivity index (χ3n) is 2.35. The van der Waals surface area contributed by atoms with Crippen LogP contribution >= 0.6 is 0 Å². The van der Waals surface area contributed by atoms with Gasteiger partial charge in [0.1, 0.15) is 0 Å². The van der Waals surface area contributed by atoms with E-state index in [0.717, 1.165) is 6.42 Å². The fourth-order valence-corrected chi connectivity index (χ4v) is 1.36. The van der Waals surface area contributed by atoms with Crippen molar-refractivity contribution in [2.45, 2.75) is 13.3 Å². The van der Waals surface area contributed by atoms with Crippen molar-refractivity contribution in [3.63, 3.8) is 0 Å². The average Bonchev–Trinajstić information content (AvgIpc) is 2.34. The summed E-state index contributed by atoms with van der Waals surface area (Å²) in [6, 6.07) is 10.1. The molecule has 1 unspecified atom stereocenters. The van der Waals surface area contributed by atoms with E-state index < -0.39 is 0 Å². The largest absolute Gasteiger partial charge is 0.469 e. The van der Waals surface area contributed by atoms with Crippen molar-refractivity contribution in [2.75, 3.05) is 20.3 Å². The van der Waals surface area contributed by atoms with Crippen LogP contribution in [0.1, 0.15) is 12.5 Å². The SMILES string of the molecule is COC(=O)C(C)COCCc1ccccc1. The summed E-state index contributed by atoms with van der Waals surface area (Å²) in [5.74, 6) is -0.416. The van der Waals surface area contributed by atoms with Crippen LogP contribution in [0, 0.1) is 5.92 Å². The van der Waals surface area contributed by atoms with Crippen molar-refractivity contribution < 1.29 is 14.3 Å². The highest BCUT2D eigenvalue weighted by molar-refractivity contribution is 5.71. The first-order chi connectivity index (χ1) is 7.74. The van der Waals surface area contributed by atoms with Gasteiger partial charge in [0.15, 0.2) is 0 Å². The highest BCUT2D eigenvalue weighted by Crippen LogP contribution is 2.02. The number of rotatable bonds is 6. The Morgan fingerprint density at radius 1 is 1.31 bits per heavy atom. The van der Waals surface area contributed by atoms with Crippen LogP contribution in [-0.2, 0) is 20.7 Å². The molecule has 0 fully saturated rings. The van der Waals surface area contributed by atoms with E-state index in [2.05, 4.69) is 16.9 Å². The van der Waals surface area contributed by atoms with Crippen molar-refractivity contribution in [2.24, 2.45) is 5.92 Å². The Bertz CT molecular complexity index is 308. The van der Waals surface area contributed by atoms with Gasteiger partial charge in [-0.2, -0.15) is 0 Å². The molecule has 0 amide bonds. The molecule has 0 bridgehead atoms. The van der Waals surface area contributed by atoms with Crippen molar-refractivity contribution >= 4 is 5.97 Å². The third kappa shape index (κ3) is 4.45. The molecule has 0 saturated heterocycles. The molecule has 3 nitrogen and oxygen atoms in total. The van der Waals surface area contributed by atoms with Gasteiger partial charge in [-0.25, -0.2) is 0 Å². The lowest BCUT2D eigenvalue weighted by molar-refractivity contribution is -0.146. The highest BCUT2D eigenvalue weighted by Gasteiger charge is 2.12. The molecule has 1 aromatic carbocycles. The number of methoxy groups -OCH3 is 1. The van der Waals surface area contributed by atoms with Gasteiger partial charge in [-0.15, -0.1) is 0 Å². The monoisotopic (exact) mass is 222 g/mol. The first-order valence-corrected chi connectivity index (χ1v) is 5.43. The smallest absolute Gasteiger partial charge is 0.310 e. The standard InChI is InChI=1S/C13H18O3/c1-11(13(14)15-2)10-16-9-8-12-6-4-3-5-7-12/h3-7,11H,8-10H2,1-2H3. The average molecular weight is 222 g/mol. The number of hydrogen-bond donors (Lipinski definition) is 0. The third-order valence-corrected chi connectivity index (χ3v) is 2.35. The van der Waals surface area contributed by atoms with Gasteiger partial charge in [0.2, 0.25) is 0 Å². The van der Waals surface area contributed by atoms with Crippen LogP contribution in [0.5, 0.6) is 0 Å². The second kappa shape index (κ2) is 7.01. The molecule has 0 saturated carbocycles. The van der Waals surface area contributed by atoms with Crippen LogP contribution in [0.15, 0.2) is 30.3 Å². The van der Waals surface area contributed by atoms with Crippen LogP contribution < -0.4 is 0 Å². The van der Waals surface area contributed by atoms with Crippen LogP contribution in [0.25, 0.3) is 0 Å². The fraction of sp³-hybridized carbons (Fsp3) is 0.462. The Kier molecular flexibility index (Phi) is 5.57. The molecule has 1 aromatic rings. The number of ether oxygens (including phenoxy) is 2. The first-order valence-electron chi connectivity index (χ1n) is 5.43. The molecule has 0 spiro atoms. The van der Waals surface area contributed by atoms with Gasteiger partial charge in [-0.3, -0.25) is 4.79 Å². The second-order valence-corrected chi connectivity index (χ2v) is 3.73. The molecule has 0 N–H and O–H groups in total. The number of carbonyl (C=O) groups is 1. The van der Waals surface area contributed by atoms with Gasteiger partial charge in [0.05, 0.1) is 26.2 Å². The molecular formula is C13H18O3. The lowest BCUT2D eigenvalue weighted by Gasteiger charge is -2.09. The molecule has 0 aromatic heterocycles. The van der Waals surface area contributed by atoms with Gasteiger partial charge in [0, 0.05) is 0 Å². The van der Waals surface area contributed by atoms with Crippen LogP contribution in [0.4, 0.5) is 0 Å². The minimum Gasteiger partial charge on any atom is -0.469 e. The van der Waals surface area contributed by atoms with Gasteiger partial charge >= 0.3 is 5.97 Å². The van der Waals surface area contributed by atoms with Crippen molar-refractivity contribution in [1.29, 1.82) is 0 Å². The maximum atomic E-state index is 11.1. The summed E-state index contributed by atoms with van der Waals surface area (Å²) < 4.78 is 10.0. The Labute approximate surface area is 96.4 Å². The molecule has 0 aliphatic carbocycles. The predicted octanol–water partition coefficient (Wildman–Crippen LogP) is 2.05. The van der Waals surface area contributed by atoms with E-state index in [-0.39, 0.29) is 11.9 Å². The van der Waals surface area contributed by atoms with E-state index in [1.165, 1.54) is 12.7 Å². The summed E-state index contributed by atoms with van der Waals surface area (Å²) in [5.41, 5.74) is 1.24. The van der Waals surface area contributed by atoms with E-state index in [9.17, 15) is 4.79 Å². The lowest BCUT2D eigenvalue weighted by atomic mass is 10.2. The minimum absolute atomic E-state index is 0.194. The summed E-state index contributed by atoms with van der Waals surface area (Å²) >= 11 is 0. The molecule has 3 heteroatoms. The van der Waals surface area contributed by atoms with Crippen LogP contribution in [-0.4, -0.2) is 26.3 Å². The molecule has 0 radical (unpaired) electrons. The van der Waals surface area contributed by atoms with Gasteiger partial charge in [-0.05, 0) is 18.9 Å². The zero-order valence-electron chi connectivity index (χ0n) is 9.81. The summed E-state index contributed by atoms with van der Waals surface area (Å²) in [6.07, 6.45) is 0.870. The fourth-order valence-electron chi connectivity index (χ4n) is 1.36. The van der Waals surface area contributed by atoms with Crippen LogP contribution in [0.2, 0.25) is 0 Å². The molecule has 88 valence electrons. The summed E-state index contributed by atoms with van der Waals surface area (Å²) in [5, 5.41) is 0. The van der Waals surface area contributed by atoms with Gasteiger partial charge in [0.25, 0.3) is 0 Å². The topological polar surface area (TPSA) is 35.5 Å². The van der Waals surface area contributed by atoms with E-state index in [4.69, 9.17) is 4.74 Å². The second-order valence-electron chi connectivity index (χ2n) is 3.73. The van der Waals surface area contributed by atoms with E-state index >= 15 is 0 Å². The zero-order chi connectivity index (χ0) is 11.8. The Morgan fingerprint density at radius 3 is 2.62 bits per heavy atom. The molecule has 0 aliphatic rings. The molecular weight excluding hydrogens is 204 g/mol. The number of esters is 1. The van der Waals surface area contributed by atoms with Crippen LogP contribution in [0.3, 0.4) is 0 Å². The maximum absolute atomic E-state index is 11.1. The minimum atomic E-state index is -0.222. The number of benzene rings is 1. The number of carbonyl (C=O) groups excluding carboxylic acids is 1. The maximum Gasteiger partial charge on any atom is 0.310 e. The quantitative estimate of drug-likeness (QED) is 0.546. The van der Waals surface area contributed by atoms with E-state index in [1.54, 1.807) is 6.92 Å². The molecule has 0 heterocycles. The van der Waals surface area contributed by atoms with Crippen molar-refractivity contribution in [3.05, 3.63) is 35.9 Å². The van der Waals surface area contributed by atoms with Gasteiger partial charge < -0.3 is 9.47 Å². The van der Waals surface area contributed by atoms with E-state index in [0.29, 0.717) is 13.2 Å². The van der Waals surface area contributed by atoms with E-state index in [1.807, 2.05) is 18.2 Å². The summed E-state index contributed by atoms with van der Waals surface area (Å²) in [4.78, 5) is 11.1. The predicted molar refractivity (Wildman–Crippen MR) is 62.1 cm³/mol. The molecule has 0 aliphatic heterocycles. The molecule has 16 heavy (non-hydrogen) atoms. The summed E-state index contributed by atoms with van der Waals surface area (Å²) in [6.45, 7) is 2.85. The first kappa shape index (κ1) is 12.7. The zero-order valence-corrected chi connectivity index (χ0v) is 9.81. The van der Waals surface area contributed by atoms with Crippen molar-refractivity contribution in [1.82, 2.24) is 0 Å². The summed E-state index contributed by atoms with van der Waals surface area (Å²) in [7, 11) is 1.39. The lowest BCUT2D eigenvalue weighted by Crippen LogP contribution is -2.19. The Balaban J connectivity index is 2.15. The Morgan fingerprint density at radius 2 is 2.00 bits per heavy atom. The van der Waals surface area contributed by atoms with Gasteiger partial charge in [-0.1, -0.05) is 30.3 Å². The highest BCUT2D eigenvalue weighted by atomic mass is 16.5. The van der Waals surface area contributed by atoms with Crippen molar-refractivity contribution in [3.8, 4) is 0 Å².